The molecule has 0 spiro atoms. The highest BCUT2D eigenvalue weighted by Crippen LogP contribution is 2.16. The zero-order valence-electron chi connectivity index (χ0n) is 11.3. The summed E-state index contributed by atoms with van der Waals surface area (Å²) in [5.41, 5.74) is 3.84. The molecular weight excluding hydrogens is 270 g/mol. The zero-order valence-corrected chi connectivity index (χ0v) is 12.1. The quantitative estimate of drug-likeness (QED) is 0.383. The summed E-state index contributed by atoms with van der Waals surface area (Å²) in [6.45, 7) is 1.26. The van der Waals surface area contributed by atoms with Crippen molar-refractivity contribution in [1.29, 1.82) is 0 Å². The molecule has 0 aliphatic carbocycles. The predicted molar refractivity (Wildman–Crippen MR) is 87.2 cm³/mol. The average molecular weight is 287 g/mol. The maximum absolute atomic E-state index is 5.09. The fraction of sp³-hybridized carbons (Fsp3) is 0.200. The Morgan fingerprint density at radius 1 is 1.25 bits per heavy atom. The van der Waals surface area contributed by atoms with E-state index in [4.69, 9.17) is 17.0 Å². The highest BCUT2D eigenvalue weighted by Gasteiger charge is 1.97. The van der Waals surface area contributed by atoms with Gasteiger partial charge in [-0.3, -0.25) is 5.43 Å². The van der Waals surface area contributed by atoms with Crippen LogP contribution in [0.15, 0.2) is 47.6 Å². The van der Waals surface area contributed by atoms with E-state index in [0.29, 0.717) is 18.3 Å². The first-order chi connectivity index (χ1) is 9.81. The molecule has 0 unspecified atom stereocenters. The van der Waals surface area contributed by atoms with Gasteiger partial charge in [-0.2, -0.15) is 5.10 Å². The number of hydrazone groups is 1. The summed E-state index contributed by atoms with van der Waals surface area (Å²) in [6.07, 6.45) is 1.77. The molecule has 0 radical (unpaired) electrons. The first kappa shape index (κ1) is 14.4. The van der Waals surface area contributed by atoms with E-state index in [0.717, 1.165) is 5.56 Å². The molecule has 2 N–H and O–H groups in total. The Bertz CT molecular complexity index is 608. The Morgan fingerprint density at radius 3 is 2.90 bits per heavy atom. The molecule has 0 atom stereocenters. The van der Waals surface area contributed by atoms with Crippen LogP contribution in [0.25, 0.3) is 10.8 Å². The van der Waals surface area contributed by atoms with Crippen LogP contribution in [0, 0.1) is 0 Å². The molecule has 0 amide bonds. The number of rotatable bonds is 5. The highest BCUT2D eigenvalue weighted by atomic mass is 32.1. The number of thiocarbonyl (C=S) groups is 1. The van der Waals surface area contributed by atoms with Gasteiger partial charge in [-0.05, 0) is 23.0 Å². The third kappa shape index (κ3) is 4.01. The topological polar surface area (TPSA) is 45.6 Å². The van der Waals surface area contributed by atoms with Gasteiger partial charge in [-0.1, -0.05) is 42.5 Å². The molecule has 2 rings (SSSR count). The Balaban J connectivity index is 1.98. The van der Waals surface area contributed by atoms with Crippen molar-refractivity contribution < 1.29 is 4.74 Å². The molecule has 20 heavy (non-hydrogen) atoms. The van der Waals surface area contributed by atoms with Gasteiger partial charge < -0.3 is 10.1 Å². The average Bonchev–Trinajstić information content (AvgIpc) is 2.48. The Kier molecular flexibility index (Phi) is 5.46. The minimum atomic E-state index is 0.485. The Labute approximate surface area is 123 Å². The first-order valence-corrected chi connectivity index (χ1v) is 6.75. The summed E-state index contributed by atoms with van der Waals surface area (Å²) in [5, 5.41) is 9.98. The number of hydrogen-bond donors (Lipinski definition) is 2. The number of ether oxygens (including phenoxy) is 1. The van der Waals surface area contributed by atoms with E-state index >= 15 is 0 Å². The molecule has 0 fully saturated rings. The van der Waals surface area contributed by atoms with Gasteiger partial charge in [0.05, 0.1) is 12.8 Å². The van der Waals surface area contributed by atoms with Crippen molar-refractivity contribution in [3.63, 3.8) is 0 Å². The number of nitrogens with zero attached hydrogens (tertiary/aromatic N) is 1. The third-order valence-electron chi connectivity index (χ3n) is 2.78. The van der Waals surface area contributed by atoms with Gasteiger partial charge in [-0.15, -0.1) is 0 Å². The number of hydrogen-bond acceptors (Lipinski definition) is 3. The monoisotopic (exact) mass is 287 g/mol. The van der Waals surface area contributed by atoms with Gasteiger partial charge >= 0.3 is 0 Å². The van der Waals surface area contributed by atoms with Crippen LogP contribution in [0.4, 0.5) is 0 Å². The largest absolute Gasteiger partial charge is 0.383 e. The van der Waals surface area contributed by atoms with E-state index in [9.17, 15) is 0 Å². The van der Waals surface area contributed by atoms with Crippen LogP contribution in [0.3, 0.4) is 0 Å². The summed E-state index contributed by atoms with van der Waals surface area (Å²) >= 11 is 5.09. The molecule has 5 heteroatoms. The van der Waals surface area contributed by atoms with E-state index in [2.05, 4.69) is 34.0 Å². The second kappa shape index (κ2) is 7.57. The summed E-state index contributed by atoms with van der Waals surface area (Å²) in [6, 6.07) is 14.3. The minimum Gasteiger partial charge on any atom is -0.383 e. The second-order valence-electron chi connectivity index (χ2n) is 4.19. The van der Waals surface area contributed by atoms with Crippen LogP contribution in [0.1, 0.15) is 5.56 Å². The lowest BCUT2D eigenvalue weighted by molar-refractivity contribution is 0.204. The molecule has 0 heterocycles. The van der Waals surface area contributed by atoms with Gasteiger partial charge in [0, 0.05) is 19.2 Å². The van der Waals surface area contributed by atoms with Crippen molar-refractivity contribution in [1.82, 2.24) is 10.7 Å². The summed E-state index contributed by atoms with van der Waals surface area (Å²) in [4.78, 5) is 0. The molecule has 0 aliphatic heterocycles. The molecule has 2 aromatic rings. The van der Waals surface area contributed by atoms with Gasteiger partial charge in [0.2, 0.25) is 0 Å². The van der Waals surface area contributed by atoms with Gasteiger partial charge in [0.1, 0.15) is 0 Å². The molecular formula is C15H17N3OS. The lowest BCUT2D eigenvalue weighted by Gasteiger charge is -2.06. The van der Waals surface area contributed by atoms with E-state index in [1.54, 1.807) is 13.3 Å². The summed E-state index contributed by atoms with van der Waals surface area (Å²) in [7, 11) is 1.65. The van der Waals surface area contributed by atoms with E-state index in [1.807, 2.05) is 24.3 Å². The number of benzene rings is 2. The van der Waals surface area contributed by atoms with Crippen LogP contribution in [0.5, 0.6) is 0 Å². The number of nitrogens with one attached hydrogen (secondary N) is 2. The van der Waals surface area contributed by atoms with Crippen LogP contribution in [0.2, 0.25) is 0 Å². The maximum Gasteiger partial charge on any atom is 0.187 e. The lowest BCUT2D eigenvalue weighted by Crippen LogP contribution is -2.34. The van der Waals surface area contributed by atoms with Crippen LogP contribution < -0.4 is 10.7 Å². The fourth-order valence-electron chi connectivity index (χ4n) is 1.83. The van der Waals surface area contributed by atoms with Gasteiger partial charge in [-0.25, -0.2) is 0 Å². The van der Waals surface area contributed by atoms with E-state index in [1.165, 1.54) is 10.8 Å². The zero-order chi connectivity index (χ0) is 14.2. The van der Waals surface area contributed by atoms with Crippen LogP contribution in [-0.4, -0.2) is 31.6 Å². The van der Waals surface area contributed by atoms with Crippen LogP contribution in [-0.2, 0) is 4.74 Å². The Morgan fingerprint density at radius 2 is 2.05 bits per heavy atom. The van der Waals surface area contributed by atoms with Crippen molar-refractivity contribution in [2.24, 2.45) is 5.10 Å². The van der Waals surface area contributed by atoms with Crippen molar-refractivity contribution in [3.05, 3.63) is 48.0 Å². The second-order valence-corrected chi connectivity index (χ2v) is 4.60. The molecule has 0 aliphatic rings. The molecule has 0 aromatic heterocycles. The fourth-order valence-corrected chi connectivity index (χ4v) is 1.98. The van der Waals surface area contributed by atoms with E-state index in [-0.39, 0.29) is 0 Å². The predicted octanol–water partition coefficient (Wildman–Crippen LogP) is 2.28. The third-order valence-corrected chi connectivity index (χ3v) is 3.02. The minimum absolute atomic E-state index is 0.485. The molecule has 0 saturated heterocycles. The van der Waals surface area contributed by atoms with Gasteiger partial charge in [0.25, 0.3) is 0 Å². The molecule has 0 saturated carbocycles. The van der Waals surface area contributed by atoms with Crippen molar-refractivity contribution in [2.45, 2.75) is 0 Å². The lowest BCUT2D eigenvalue weighted by atomic mass is 10.1. The van der Waals surface area contributed by atoms with Crippen molar-refractivity contribution in [3.8, 4) is 0 Å². The first-order valence-electron chi connectivity index (χ1n) is 6.35. The normalized spacial score (nSPS) is 10.8. The summed E-state index contributed by atoms with van der Waals surface area (Å²) in [5.74, 6) is 0. The number of methoxy groups -OCH3 is 1. The molecule has 2 aromatic carbocycles. The molecule has 0 bridgehead atoms. The smallest absolute Gasteiger partial charge is 0.187 e. The van der Waals surface area contributed by atoms with Crippen LogP contribution >= 0.6 is 12.2 Å². The SMILES string of the molecule is COCCNC(=S)N/N=C\c1cccc2ccccc12. The Hall–Kier alpha value is -1.98. The van der Waals surface area contributed by atoms with Crippen molar-refractivity contribution in [2.75, 3.05) is 20.3 Å². The van der Waals surface area contributed by atoms with Gasteiger partial charge in [0.15, 0.2) is 5.11 Å². The highest BCUT2D eigenvalue weighted by molar-refractivity contribution is 7.80. The maximum atomic E-state index is 5.09. The molecule has 104 valence electrons. The molecule has 4 nitrogen and oxygen atoms in total. The standard InChI is InChI=1S/C15H17N3OS/c1-19-10-9-16-15(20)18-17-11-13-7-4-6-12-5-2-3-8-14(12)13/h2-8,11H,9-10H2,1H3,(H2,16,18,20)/b17-11-. The summed E-state index contributed by atoms with van der Waals surface area (Å²) < 4.78 is 4.93. The number of fused-ring (bicyclic) bond motifs is 1. The van der Waals surface area contributed by atoms with Crippen molar-refractivity contribution >= 4 is 34.3 Å². The van der Waals surface area contributed by atoms with E-state index < -0.39 is 0 Å².